The second-order valence-corrected chi connectivity index (χ2v) is 7.60. The van der Waals surface area contributed by atoms with Crippen molar-refractivity contribution in [1.82, 2.24) is 15.2 Å². The summed E-state index contributed by atoms with van der Waals surface area (Å²) in [6.45, 7) is 6.10. The van der Waals surface area contributed by atoms with Crippen molar-refractivity contribution in [2.45, 2.75) is 0 Å². The van der Waals surface area contributed by atoms with E-state index in [2.05, 4.69) is 15.5 Å². The Balaban J connectivity index is 1.55. The smallest absolute Gasteiger partial charge is 0.123 e. The fourth-order valence-electron chi connectivity index (χ4n) is 3.49. The van der Waals surface area contributed by atoms with Gasteiger partial charge in [0.25, 0.3) is 0 Å². The van der Waals surface area contributed by atoms with E-state index in [9.17, 15) is 4.39 Å². The molecule has 1 aliphatic heterocycles. The van der Waals surface area contributed by atoms with Crippen LogP contribution < -0.4 is 10.6 Å². The van der Waals surface area contributed by atoms with Gasteiger partial charge in [-0.05, 0) is 48.0 Å². The maximum absolute atomic E-state index is 13.1. The highest BCUT2D eigenvalue weighted by molar-refractivity contribution is 6.31. The van der Waals surface area contributed by atoms with Crippen LogP contribution in [0.2, 0.25) is 5.02 Å². The molecule has 2 heterocycles. The first-order valence-corrected chi connectivity index (χ1v) is 10.3. The van der Waals surface area contributed by atoms with Crippen molar-refractivity contribution >= 4 is 40.3 Å². The number of aromatic nitrogens is 1. The molecule has 1 saturated heterocycles. The Bertz CT molecular complexity index is 998. The van der Waals surface area contributed by atoms with Crippen LogP contribution in [0.1, 0.15) is 11.3 Å². The largest absolute Gasteiger partial charge is 0.383 e. The van der Waals surface area contributed by atoms with Gasteiger partial charge in [-0.3, -0.25) is 4.90 Å². The summed E-state index contributed by atoms with van der Waals surface area (Å²) in [4.78, 5) is 7.18. The number of rotatable bonds is 6. The van der Waals surface area contributed by atoms with Crippen molar-refractivity contribution in [2.75, 3.05) is 44.6 Å². The molecule has 1 aromatic heterocycles. The van der Waals surface area contributed by atoms with Gasteiger partial charge in [0, 0.05) is 55.4 Å². The van der Waals surface area contributed by atoms with E-state index < -0.39 is 0 Å². The average molecular weight is 411 g/mol. The molecule has 1 aliphatic rings. The molecule has 0 radical (unpaired) electrons. The first-order valence-electron chi connectivity index (χ1n) is 9.88. The third-order valence-corrected chi connectivity index (χ3v) is 5.30. The van der Waals surface area contributed by atoms with Gasteiger partial charge in [0.15, 0.2) is 0 Å². The molecule has 6 heteroatoms. The van der Waals surface area contributed by atoms with E-state index in [0.29, 0.717) is 5.02 Å². The van der Waals surface area contributed by atoms with Crippen molar-refractivity contribution in [2.24, 2.45) is 0 Å². The summed E-state index contributed by atoms with van der Waals surface area (Å²) in [5.41, 5.74) is 3.68. The zero-order valence-electron chi connectivity index (χ0n) is 16.2. The number of pyridine rings is 1. The third-order valence-electron chi connectivity index (χ3n) is 5.06. The number of fused-ring (bicyclic) bond motifs is 1. The molecular weight excluding hydrogens is 387 g/mol. The highest BCUT2D eigenvalue weighted by atomic mass is 35.5. The van der Waals surface area contributed by atoms with Crippen LogP contribution in [0, 0.1) is 5.82 Å². The molecule has 3 aromatic rings. The molecule has 4 rings (SSSR count). The van der Waals surface area contributed by atoms with E-state index in [1.807, 2.05) is 36.4 Å². The van der Waals surface area contributed by atoms with Gasteiger partial charge in [0.2, 0.25) is 0 Å². The number of hydrogen-bond donors (Lipinski definition) is 2. The van der Waals surface area contributed by atoms with Gasteiger partial charge in [-0.25, -0.2) is 9.37 Å². The van der Waals surface area contributed by atoms with Crippen molar-refractivity contribution in [3.05, 3.63) is 70.6 Å². The van der Waals surface area contributed by atoms with Crippen LogP contribution in [0.3, 0.4) is 0 Å². The number of nitrogens with zero attached hydrogens (tertiary/aromatic N) is 2. The Labute approximate surface area is 175 Å². The zero-order valence-corrected chi connectivity index (χ0v) is 16.9. The zero-order chi connectivity index (χ0) is 20.1. The molecule has 2 N–H and O–H groups in total. The van der Waals surface area contributed by atoms with Gasteiger partial charge in [-0.2, -0.15) is 0 Å². The molecule has 0 unspecified atom stereocenters. The second kappa shape index (κ2) is 9.35. The Morgan fingerprint density at radius 3 is 2.66 bits per heavy atom. The molecule has 4 nitrogen and oxygen atoms in total. The normalized spacial score (nSPS) is 15.2. The summed E-state index contributed by atoms with van der Waals surface area (Å²) in [5.74, 6) is -0.237. The van der Waals surface area contributed by atoms with E-state index in [0.717, 1.165) is 67.1 Å². The summed E-state index contributed by atoms with van der Waals surface area (Å²) in [7, 11) is 0. The van der Waals surface area contributed by atoms with Gasteiger partial charge < -0.3 is 10.6 Å². The standard InChI is InChI=1S/C23H24ClFN4/c24-18-4-8-22-21(15-18)23(27-11-14-29-12-9-26-10-13-29)16-20(28-22)7-3-17-1-5-19(25)6-2-17/h1-8,15-16,26H,9-14H2,(H,27,28)/b7-3+. The third kappa shape index (κ3) is 5.32. The molecule has 0 aliphatic carbocycles. The van der Waals surface area contributed by atoms with E-state index in [4.69, 9.17) is 16.6 Å². The first kappa shape index (κ1) is 19.8. The van der Waals surface area contributed by atoms with Crippen LogP contribution in [0.15, 0.2) is 48.5 Å². The van der Waals surface area contributed by atoms with Crippen molar-refractivity contribution in [3.8, 4) is 0 Å². The van der Waals surface area contributed by atoms with Gasteiger partial charge >= 0.3 is 0 Å². The quantitative estimate of drug-likeness (QED) is 0.627. The molecule has 0 amide bonds. The van der Waals surface area contributed by atoms with Gasteiger partial charge in [-0.15, -0.1) is 0 Å². The topological polar surface area (TPSA) is 40.2 Å². The lowest BCUT2D eigenvalue weighted by atomic mass is 10.1. The number of anilines is 1. The summed E-state index contributed by atoms with van der Waals surface area (Å²) < 4.78 is 13.1. The minimum absolute atomic E-state index is 0.237. The van der Waals surface area contributed by atoms with Crippen molar-refractivity contribution in [3.63, 3.8) is 0 Å². The van der Waals surface area contributed by atoms with E-state index in [1.165, 1.54) is 12.1 Å². The minimum Gasteiger partial charge on any atom is -0.383 e. The van der Waals surface area contributed by atoms with Crippen LogP contribution >= 0.6 is 11.6 Å². The molecule has 1 fully saturated rings. The van der Waals surface area contributed by atoms with Gasteiger partial charge in [0.1, 0.15) is 5.82 Å². The number of piperazine rings is 1. The van der Waals surface area contributed by atoms with Crippen LogP contribution in [0.25, 0.3) is 23.1 Å². The molecule has 0 atom stereocenters. The maximum atomic E-state index is 13.1. The SMILES string of the molecule is Fc1ccc(/C=C/c2cc(NCCN3CCNCC3)c3cc(Cl)ccc3n2)cc1. The van der Waals surface area contributed by atoms with Crippen LogP contribution in [0.4, 0.5) is 10.1 Å². The van der Waals surface area contributed by atoms with Gasteiger partial charge in [-0.1, -0.05) is 29.8 Å². The minimum atomic E-state index is -0.237. The highest BCUT2D eigenvalue weighted by Gasteiger charge is 2.10. The van der Waals surface area contributed by atoms with Crippen molar-refractivity contribution in [1.29, 1.82) is 0 Å². The summed E-state index contributed by atoms with van der Waals surface area (Å²) >= 11 is 6.22. The fraction of sp³-hybridized carbons (Fsp3) is 0.261. The Morgan fingerprint density at radius 1 is 1.07 bits per heavy atom. The molecule has 0 spiro atoms. The first-order chi connectivity index (χ1) is 14.2. The lowest BCUT2D eigenvalue weighted by Gasteiger charge is -2.27. The average Bonchev–Trinajstić information content (AvgIpc) is 2.74. The van der Waals surface area contributed by atoms with Gasteiger partial charge in [0.05, 0.1) is 11.2 Å². The monoisotopic (exact) mass is 410 g/mol. The predicted octanol–water partition coefficient (Wildman–Crippen LogP) is 4.51. The number of hydrogen-bond acceptors (Lipinski definition) is 4. The number of benzene rings is 2. The number of halogens is 2. The summed E-state index contributed by atoms with van der Waals surface area (Å²) in [5, 5.41) is 8.65. The Morgan fingerprint density at radius 2 is 1.86 bits per heavy atom. The molecule has 150 valence electrons. The second-order valence-electron chi connectivity index (χ2n) is 7.16. The highest BCUT2D eigenvalue weighted by Crippen LogP contribution is 2.27. The van der Waals surface area contributed by atoms with Crippen molar-refractivity contribution < 1.29 is 4.39 Å². The van der Waals surface area contributed by atoms with E-state index in [-0.39, 0.29) is 5.82 Å². The lowest BCUT2D eigenvalue weighted by molar-refractivity contribution is 0.249. The fourth-order valence-corrected chi connectivity index (χ4v) is 3.66. The van der Waals surface area contributed by atoms with Crippen LogP contribution in [-0.4, -0.2) is 49.2 Å². The Kier molecular flexibility index (Phi) is 6.39. The maximum Gasteiger partial charge on any atom is 0.123 e. The van der Waals surface area contributed by atoms with E-state index in [1.54, 1.807) is 12.1 Å². The van der Waals surface area contributed by atoms with Crippen LogP contribution in [0.5, 0.6) is 0 Å². The molecule has 0 bridgehead atoms. The number of nitrogens with one attached hydrogen (secondary N) is 2. The molecular formula is C23H24ClFN4. The Hall–Kier alpha value is -2.47. The lowest BCUT2D eigenvalue weighted by Crippen LogP contribution is -2.45. The molecule has 29 heavy (non-hydrogen) atoms. The van der Waals surface area contributed by atoms with Crippen LogP contribution in [-0.2, 0) is 0 Å². The molecule has 2 aromatic carbocycles. The van der Waals surface area contributed by atoms with E-state index >= 15 is 0 Å². The predicted molar refractivity (Wildman–Crippen MR) is 120 cm³/mol. The molecule has 0 saturated carbocycles. The summed E-state index contributed by atoms with van der Waals surface area (Å²) in [6.07, 6.45) is 3.89. The summed E-state index contributed by atoms with van der Waals surface area (Å²) in [6, 6.07) is 14.2.